The number of hydrogen-bond donors (Lipinski definition) is 3. The molecule has 0 aromatic rings. The normalized spacial score (nSPS) is 10.5. The second-order valence-electron chi connectivity index (χ2n) is 4.46. The van der Waals surface area contributed by atoms with Crippen LogP contribution in [0.25, 0.3) is 0 Å². The third-order valence-electron chi connectivity index (χ3n) is 2.56. The van der Waals surface area contributed by atoms with Crippen LogP contribution in [0, 0.1) is 5.41 Å². The molecule has 0 unspecified atom stereocenters. The molecule has 0 saturated heterocycles. The molecule has 2 amide bonds. The Bertz CT molecular complexity index is 341. The van der Waals surface area contributed by atoms with E-state index in [-0.39, 0.29) is 19.8 Å². The van der Waals surface area contributed by atoms with Gasteiger partial charge in [0, 0.05) is 27.6 Å². The first-order valence-corrected chi connectivity index (χ1v) is 6.36. The zero-order valence-electron chi connectivity index (χ0n) is 12.8. The standard InChI is InChI=1S/C12H23N3O6/c1-9(16)19-6-12(5-13-2,7-20-10(17)14-3)8-21-11(18)15-4/h13H,5-8H2,1-4H3,(H,14,17)(H,15,18). The van der Waals surface area contributed by atoms with Crippen molar-refractivity contribution < 1.29 is 28.6 Å². The van der Waals surface area contributed by atoms with Crippen LogP contribution in [0.1, 0.15) is 6.92 Å². The Labute approximate surface area is 123 Å². The van der Waals surface area contributed by atoms with Crippen molar-refractivity contribution in [2.45, 2.75) is 6.92 Å². The maximum atomic E-state index is 11.2. The summed E-state index contributed by atoms with van der Waals surface area (Å²) in [6.07, 6.45) is -1.25. The third kappa shape index (κ3) is 7.98. The Morgan fingerprint density at radius 1 is 0.857 bits per heavy atom. The van der Waals surface area contributed by atoms with Crippen LogP contribution < -0.4 is 16.0 Å². The Kier molecular flexibility index (Phi) is 8.86. The van der Waals surface area contributed by atoms with Gasteiger partial charge in [-0.05, 0) is 7.05 Å². The minimum Gasteiger partial charge on any atom is -0.465 e. The predicted molar refractivity (Wildman–Crippen MR) is 73.8 cm³/mol. The average Bonchev–Trinajstić information content (AvgIpc) is 2.47. The van der Waals surface area contributed by atoms with E-state index in [2.05, 4.69) is 16.0 Å². The molecule has 0 radical (unpaired) electrons. The summed E-state index contributed by atoms with van der Waals surface area (Å²) in [6.45, 7) is 1.35. The van der Waals surface area contributed by atoms with Crippen LogP contribution >= 0.6 is 0 Å². The highest BCUT2D eigenvalue weighted by atomic mass is 16.6. The quantitative estimate of drug-likeness (QED) is 0.408. The van der Waals surface area contributed by atoms with Gasteiger partial charge in [-0.15, -0.1) is 0 Å². The number of amides is 2. The first-order valence-electron chi connectivity index (χ1n) is 6.36. The molecule has 0 aliphatic heterocycles. The van der Waals surface area contributed by atoms with Crippen molar-refractivity contribution in [1.29, 1.82) is 0 Å². The molecule has 9 heteroatoms. The monoisotopic (exact) mass is 305 g/mol. The van der Waals surface area contributed by atoms with Gasteiger partial charge in [0.05, 0.1) is 5.41 Å². The van der Waals surface area contributed by atoms with Crippen molar-refractivity contribution in [2.75, 3.05) is 47.5 Å². The predicted octanol–water partition coefficient (Wildman–Crippen LogP) is -0.533. The molecule has 9 nitrogen and oxygen atoms in total. The highest BCUT2D eigenvalue weighted by Crippen LogP contribution is 2.19. The van der Waals surface area contributed by atoms with Crippen molar-refractivity contribution in [1.82, 2.24) is 16.0 Å². The Balaban J connectivity index is 4.87. The fraction of sp³-hybridized carbons (Fsp3) is 0.750. The lowest BCUT2D eigenvalue weighted by Gasteiger charge is -2.31. The molecule has 0 atom stereocenters. The van der Waals surface area contributed by atoms with Gasteiger partial charge in [-0.2, -0.15) is 0 Å². The second kappa shape index (κ2) is 9.81. The largest absolute Gasteiger partial charge is 0.465 e. The number of rotatable bonds is 8. The minimum atomic E-state index is -0.876. The molecule has 122 valence electrons. The van der Waals surface area contributed by atoms with Gasteiger partial charge < -0.3 is 30.2 Å². The maximum absolute atomic E-state index is 11.2. The molecule has 0 saturated carbocycles. The van der Waals surface area contributed by atoms with E-state index in [1.807, 2.05) is 0 Å². The van der Waals surface area contributed by atoms with Crippen molar-refractivity contribution in [3.63, 3.8) is 0 Å². The molecule has 0 bridgehead atoms. The summed E-state index contributed by atoms with van der Waals surface area (Å²) < 4.78 is 15.0. The molecular weight excluding hydrogens is 282 g/mol. The summed E-state index contributed by atoms with van der Waals surface area (Å²) in [4.78, 5) is 33.4. The third-order valence-corrected chi connectivity index (χ3v) is 2.56. The van der Waals surface area contributed by atoms with Crippen LogP contribution in [-0.4, -0.2) is 65.7 Å². The smallest absolute Gasteiger partial charge is 0.406 e. The topological polar surface area (TPSA) is 115 Å². The van der Waals surface area contributed by atoms with Crippen molar-refractivity contribution in [3.05, 3.63) is 0 Å². The molecular formula is C12H23N3O6. The molecule has 3 N–H and O–H groups in total. The number of alkyl carbamates (subject to hydrolysis) is 2. The van der Waals surface area contributed by atoms with Gasteiger partial charge in [0.2, 0.25) is 0 Å². The van der Waals surface area contributed by atoms with E-state index < -0.39 is 23.6 Å². The maximum Gasteiger partial charge on any atom is 0.406 e. The molecule has 0 fully saturated rings. The summed E-state index contributed by atoms with van der Waals surface area (Å²) >= 11 is 0. The first kappa shape index (κ1) is 19.0. The fourth-order valence-electron chi connectivity index (χ4n) is 1.49. The van der Waals surface area contributed by atoms with Gasteiger partial charge in [-0.3, -0.25) is 4.79 Å². The summed E-state index contributed by atoms with van der Waals surface area (Å²) in [7, 11) is 4.53. The van der Waals surface area contributed by atoms with Crippen LogP contribution in [0.15, 0.2) is 0 Å². The van der Waals surface area contributed by atoms with Gasteiger partial charge in [-0.1, -0.05) is 0 Å². The van der Waals surface area contributed by atoms with E-state index >= 15 is 0 Å². The molecule has 0 heterocycles. The number of carbonyl (C=O) groups is 3. The van der Waals surface area contributed by atoms with Gasteiger partial charge in [-0.25, -0.2) is 9.59 Å². The molecule has 0 aromatic heterocycles. The highest BCUT2D eigenvalue weighted by molar-refractivity contribution is 5.67. The van der Waals surface area contributed by atoms with E-state index in [1.165, 1.54) is 21.0 Å². The van der Waals surface area contributed by atoms with Gasteiger partial charge in [0.25, 0.3) is 0 Å². The summed E-state index contributed by atoms with van der Waals surface area (Å²) in [6, 6.07) is 0. The Morgan fingerprint density at radius 3 is 1.62 bits per heavy atom. The SMILES string of the molecule is CNCC(COC(C)=O)(COC(=O)NC)COC(=O)NC. The lowest BCUT2D eigenvalue weighted by molar-refractivity contribution is -0.146. The van der Waals surface area contributed by atoms with E-state index in [0.717, 1.165) is 0 Å². The molecule has 0 aliphatic rings. The second-order valence-corrected chi connectivity index (χ2v) is 4.46. The molecule has 21 heavy (non-hydrogen) atoms. The van der Waals surface area contributed by atoms with Crippen molar-refractivity contribution in [3.8, 4) is 0 Å². The van der Waals surface area contributed by atoms with Crippen molar-refractivity contribution in [2.24, 2.45) is 5.41 Å². The van der Waals surface area contributed by atoms with Gasteiger partial charge in [0.15, 0.2) is 0 Å². The van der Waals surface area contributed by atoms with Gasteiger partial charge in [0.1, 0.15) is 19.8 Å². The summed E-state index contributed by atoms with van der Waals surface area (Å²) in [5.41, 5.74) is -0.876. The number of ether oxygens (including phenoxy) is 3. The lowest BCUT2D eigenvalue weighted by Crippen LogP contribution is -2.47. The average molecular weight is 305 g/mol. The zero-order chi connectivity index (χ0) is 16.3. The van der Waals surface area contributed by atoms with E-state index in [9.17, 15) is 14.4 Å². The van der Waals surface area contributed by atoms with Crippen molar-refractivity contribution >= 4 is 18.2 Å². The Morgan fingerprint density at radius 2 is 1.29 bits per heavy atom. The van der Waals surface area contributed by atoms with Crippen LogP contribution in [0.5, 0.6) is 0 Å². The number of hydrogen-bond acceptors (Lipinski definition) is 7. The molecule has 0 aromatic carbocycles. The van der Waals surface area contributed by atoms with Crippen LogP contribution in [0.3, 0.4) is 0 Å². The van der Waals surface area contributed by atoms with Crippen LogP contribution in [0.4, 0.5) is 9.59 Å². The summed E-state index contributed by atoms with van der Waals surface area (Å²) in [5.74, 6) is -0.477. The molecule has 0 aliphatic carbocycles. The first-order chi connectivity index (χ1) is 9.89. The summed E-state index contributed by atoms with van der Waals surface area (Å²) in [5, 5.41) is 7.52. The van der Waals surface area contributed by atoms with E-state index in [4.69, 9.17) is 14.2 Å². The zero-order valence-corrected chi connectivity index (χ0v) is 12.8. The van der Waals surface area contributed by atoms with Gasteiger partial charge >= 0.3 is 18.2 Å². The van der Waals surface area contributed by atoms with E-state index in [0.29, 0.717) is 6.54 Å². The number of esters is 1. The van der Waals surface area contributed by atoms with Crippen LogP contribution in [-0.2, 0) is 19.0 Å². The molecule has 0 spiro atoms. The highest BCUT2D eigenvalue weighted by Gasteiger charge is 2.35. The molecule has 0 rings (SSSR count). The van der Waals surface area contributed by atoms with E-state index in [1.54, 1.807) is 7.05 Å². The Hall–Kier alpha value is -2.03. The minimum absolute atomic E-state index is 0.0584. The number of carbonyl (C=O) groups excluding carboxylic acids is 3. The van der Waals surface area contributed by atoms with Crippen LogP contribution in [0.2, 0.25) is 0 Å². The number of nitrogens with one attached hydrogen (secondary N) is 3. The lowest BCUT2D eigenvalue weighted by atomic mass is 9.91. The fourth-order valence-corrected chi connectivity index (χ4v) is 1.49.